The molecule has 1 fully saturated rings. The number of fused-ring (bicyclic) bond motifs is 2. The van der Waals surface area contributed by atoms with Crippen LogP contribution in [0.1, 0.15) is 12.8 Å². The molecule has 24 heavy (non-hydrogen) atoms. The van der Waals surface area contributed by atoms with E-state index in [0.29, 0.717) is 6.42 Å². The molecule has 2 heterocycles. The van der Waals surface area contributed by atoms with Crippen molar-refractivity contribution in [1.29, 1.82) is 0 Å². The zero-order valence-electron chi connectivity index (χ0n) is 12.8. The van der Waals surface area contributed by atoms with E-state index in [4.69, 9.17) is 9.47 Å². The summed E-state index contributed by atoms with van der Waals surface area (Å²) in [7, 11) is -3.47. The fourth-order valence-electron chi connectivity index (χ4n) is 2.69. The van der Waals surface area contributed by atoms with Crippen molar-refractivity contribution in [2.24, 2.45) is 0 Å². The molecule has 3 unspecified atom stereocenters. The van der Waals surface area contributed by atoms with Crippen LogP contribution in [-0.2, 0) is 33.3 Å². The first-order valence-electron chi connectivity index (χ1n) is 6.79. The summed E-state index contributed by atoms with van der Waals surface area (Å²) >= 11 is 0. The molecule has 12 heteroatoms. The van der Waals surface area contributed by atoms with Gasteiger partial charge in [-0.2, -0.15) is 21.6 Å². The number of alkyl halides is 3. The van der Waals surface area contributed by atoms with E-state index in [1.165, 1.54) is 7.11 Å². The number of carbonyl (C=O) groups is 1. The summed E-state index contributed by atoms with van der Waals surface area (Å²) in [6, 6.07) is -1.26. The number of carbonyl (C=O) groups excluding carboxylic acids is 1. The molecule has 2 bridgehead atoms. The third-order valence-electron chi connectivity index (χ3n) is 3.65. The lowest BCUT2D eigenvalue weighted by Crippen LogP contribution is -2.44. The summed E-state index contributed by atoms with van der Waals surface area (Å²) < 4.78 is 79.1. The van der Waals surface area contributed by atoms with Crippen molar-refractivity contribution in [3.63, 3.8) is 0 Å². The molecule has 3 atom stereocenters. The second kappa shape index (κ2) is 6.86. The second-order valence-corrected chi connectivity index (χ2v) is 6.74. The van der Waals surface area contributed by atoms with E-state index in [1.807, 2.05) is 0 Å². The van der Waals surface area contributed by atoms with Gasteiger partial charge in [-0.15, -0.1) is 0 Å². The molecule has 2 aliphatic rings. The first-order valence-corrected chi connectivity index (χ1v) is 8.20. The van der Waals surface area contributed by atoms with Crippen molar-refractivity contribution < 1.29 is 44.8 Å². The number of ether oxygens (including phenoxy) is 3. The summed E-state index contributed by atoms with van der Waals surface area (Å²) in [5, 5.41) is 2.97. The van der Waals surface area contributed by atoms with Crippen molar-refractivity contribution in [1.82, 2.24) is 5.32 Å². The first-order chi connectivity index (χ1) is 11.1. The molecule has 1 saturated heterocycles. The number of esters is 1. The quantitative estimate of drug-likeness (QED) is 0.308. The highest BCUT2D eigenvalue weighted by atomic mass is 32.2. The van der Waals surface area contributed by atoms with Crippen LogP contribution in [0.5, 0.6) is 0 Å². The van der Waals surface area contributed by atoms with Crippen LogP contribution in [0.4, 0.5) is 13.2 Å². The van der Waals surface area contributed by atoms with Gasteiger partial charge in [0.25, 0.3) is 0 Å². The van der Waals surface area contributed by atoms with Crippen molar-refractivity contribution in [3.05, 3.63) is 11.3 Å². The predicted octanol–water partition coefficient (Wildman–Crippen LogP) is 0.403. The van der Waals surface area contributed by atoms with E-state index < -0.39 is 45.5 Å². The lowest BCUT2D eigenvalue weighted by Gasteiger charge is -2.27. The maximum atomic E-state index is 12.5. The first kappa shape index (κ1) is 19.0. The summed E-state index contributed by atoms with van der Waals surface area (Å²) in [5.74, 6) is -1.58. The zero-order chi connectivity index (χ0) is 18.1. The Hall–Kier alpha value is -1.37. The molecule has 0 aliphatic carbocycles. The average molecular weight is 375 g/mol. The molecule has 0 radical (unpaired) electrons. The number of hydrogen-bond donors (Lipinski definition) is 1. The Morgan fingerprint density at radius 3 is 2.54 bits per heavy atom. The van der Waals surface area contributed by atoms with Gasteiger partial charge in [-0.3, -0.25) is 0 Å². The minimum Gasteiger partial charge on any atom is -0.466 e. The molecule has 138 valence electrons. The highest BCUT2D eigenvalue weighted by molar-refractivity contribution is 7.87. The van der Waals surface area contributed by atoms with Gasteiger partial charge in [0.15, 0.2) is 0 Å². The number of halogens is 3. The minimum absolute atomic E-state index is 0.0962. The van der Waals surface area contributed by atoms with Crippen molar-refractivity contribution in [2.75, 3.05) is 21.0 Å². The molecular formula is C12H16F3NO7S. The van der Waals surface area contributed by atoms with Crippen LogP contribution in [-0.4, -0.2) is 59.1 Å². The van der Waals surface area contributed by atoms with Crippen LogP contribution >= 0.6 is 0 Å². The third-order valence-corrected chi connectivity index (χ3v) is 4.63. The normalized spacial score (nSPS) is 27.3. The van der Waals surface area contributed by atoms with Gasteiger partial charge in [-0.05, 0) is 6.42 Å². The lowest BCUT2D eigenvalue weighted by atomic mass is 10.0. The Labute approximate surface area is 136 Å². The Bertz CT molecular complexity index is 631. The van der Waals surface area contributed by atoms with Gasteiger partial charge in [-0.1, -0.05) is 0 Å². The van der Waals surface area contributed by atoms with Gasteiger partial charge in [0.1, 0.15) is 12.6 Å². The van der Waals surface area contributed by atoms with E-state index >= 15 is 0 Å². The SMILES string of the molecule is COCOC1CC2CC(OS(=O)(=O)C(F)(F)F)=C(C(=O)OC)C1N2. The fourth-order valence-corrected chi connectivity index (χ4v) is 3.21. The second-order valence-electron chi connectivity index (χ2n) is 5.20. The Balaban J connectivity index is 2.37. The summed E-state index contributed by atoms with van der Waals surface area (Å²) in [6.07, 6.45) is -0.477. The van der Waals surface area contributed by atoms with Crippen LogP contribution < -0.4 is 5.32 Å². The van der Waals surface area contributed by atoms with Crippen molar-refractivity contribution in [2.45, 2.75) is 36.5 Å². The van der Waals surface area contributed by atoms with Crippen LogP contribution in [0.2, 0.25) is 0 Å². The Morgan fingerprint density at radius 1 is 1.33 bits per heavy atom. The summed E-state index contributed by atoms with van der Waals surface area (Å²) in [6.45, 7) is -0.0962. The maximum absolute atomic E-state index is 12.5. The standard InChI is InChI=1S/C12H16F3NO7S/c1-20-5-22-8-4-6-3-7(23-24(18,19)12(13,14)15)9(10(8)16-6)11(17)21-2/h6,8,10,16H,3-5H2,1-2H3. The molecule has 0 aromatic carbocycles. The van der Waals surface area contributed by atoms with E-state index in [-0.39, 0.29) is 18.8 Å². The maximum Gasteiger partial charge on any atom is 0.534 e. The van der Waals surface area contributed by atoms with E-state index in [2.05, 4.69) is 14.2 Å². The Kier molecular flexibility index (Phi) is 5.42. The summed E-state index contributed by atoms with van der Waals surface area (Å²) in [4.78, 5) is 12.0. The predicted molar refractivity (Wildman–Crippen MR) is 71.8 cm³/mol. The number of hydrogen-bond acceptors (Lipinski definition) is 8. The number of methoxy groups -OCH3 is 2. The summed E-state index contributed by atoms with van der Waals surface area (Å²) in [5.41, 5.74) is -5.93. The highest BCUT2D eigenvalue weighted by Gasteiger charge is 2.52. The smallest absolute Gasteiger partial charge is 0.466 e. The highest BCUT2D eigenvalue weighted by Crippen LogP contribution is 2.37. The number of rotatable bonds is 6. The fraction of sp³-hybridized carbons (Fsp3) is 0.750. The average Bonchev–Trinajstić information content (AvgIpc) is 2.80. The molecule has 0 spiro atoms. The zero-order valence-corrected chi connectivity index (χ0v) is 13.6. The topological polar surface area (TPSA) is 100 Å². The van der Waals surface area contributed by atoms with E-state index in [9.17, 15) is 26.4 Å². The number of nitrogens with one attached hydrogen (secondary N) is 1. The van der Waals surface area contributed by atoms with Gasteiger partial charge in [-0.25, -0.2) is 4.79 Å². The molecular weight excluding hydrogens is 359 g/mol. The van der Waals surface area contributed by atoms with Gasteiger partial charge in [0.05, 0.1) is 24.8 Å². The largest absolute Gasteiger partial charge is 0.534 e. The van der Waals surface area contributed by atoms with Crippen molar-refractivity contribution in [3.8, 4) is 0 Å². The molecule has 2 aliphatic heterocycles. The molecule has 8 nitrogen and oxygen atoms in total. The van der Waals surface area contributed by atoms with E-state index in [1.54, 1.807) is 0 Å². The monoisotopic (exact) mass is 375 g/mol. The van der Waals surface area contributed by atoms with Gasteiger partial charge >= 0.3 is 21.6 Å². The molecule has 1 N–H and O–H groups in total. The molecule has 0 aromatic rings. The van der Waals surface area contributed by atoms with Crippen LogP contribution in [0.3, 0.4) is 0 Å². The molecule has 0 amide bonds. The molecule has 0 aromatic heterocycles. The lowest BCUT2D eigenvalue weighted by molar-refractivity contribution is -0.137. The van der Waals surface area contributed by atoms with Gasteiger partial charge < -0.3 is 23.7 Å². The third kappa shape index (κ3) is 3.66. The van der Waals surface area contributed by atoms with Crippen LogP contribution in [0.15, 0.2) is 11.3 Å². The van der Waals surface area contributed by atoms with E-state index in [0.717, 1.165) is 7.11 Å². The molecule has 0 saturated carbocycles. The van der Waals surface area contributed by atoms with Crippen molar-refractivity contribution >= 4 is 16.1 Å². The van der Waals surface area contributed by atoms with Crippen LogP contribution in [0, 0.1) is 0 Å². The van der Waals surface area contributed by atoms with Gasteiger partial charge in [0, 0.05) is 19.6 Å². The van der Waals surface area contributed by atoms with Crippen LogP contribution in [0.25, 0.3) is 0 Å². The minimum atomic E-state index is -5.88. The van der Waals surface area contributed by atoms with Gasteiger partial charge in [0.2, 0.25) is 0 Å². The Morgan fingerprint density at radius 2 is 2.00 bits per heavy atom. The molecule has 2 rings (SSSR count).